The van der Waals surface area contributed by atoms with Gasteiger partial charge in [-0.1, -0.05) is 0 Å². The van der Waals surface area contributed by atoms with Crippen LogP contribution in [-0.2, 0) is 0 Å². The molecule has 19 heavy (non-hydrogen) atoms. The molecule has 2 fully saturated rings. The van der Waals surface area contributed by atoms with Gasteiger partial charge in [-0.25, -0.2) is 4.39 Å². The lowest BCUT2D eigenvalue weighted by Crippen LogP contribution is -2.53. The first-order valence-corrected chi connectivity index (χ1v) is 7.22. The first kappa shape index (κ1) is 12.9. The molecule has 0 amide bonds. The standard InChI is InChI=1S/C15H22FN3/c16-13-3-5-14(6-4-13)18-7-9-19(10-8-18)15(11-17)12-1-2-12/h3-6,12,15H,1-2,7-11,17H2. The summed E-state index contributed by atoms with van der Waals surface area (Å²) in [6, 6.07) is 7.39. The Bertz CT molecular complexity index is 408. The third-order valence-electron chi connectivity index (χ3n) is 4.38. The van der Waals surface area contributed by atoms with Gasteiger partial charge >= 0.3 is 0 Å². The Morgan fingerprint density at radius 2 is 1.74 bits per heavy atom. The third kappa shape index (κ3) is 2.90. The van der Waals surface area contributed by atoms with E-state index in [1.165, 1.54) is 25.0 Å². The maximum atomic E-state index is 12.9. The summed E-state index contributed by atoms with van der Waals surface area (Å²) in [6.45, 7) is 4.93. The molecule has 1 aliphatic heterocycles. The molecule has 0 spiro atoms. The quantitative estimate of drug-likeness (QED) is 0.897. The smallest absolute Gasteiger partial charge is 0.123 e. The highest BCUT2D eigenvalue weighted by atomic mass is 19.1. The van der Waals surface area contributed by atoms with Crippen LogP contribution in [0.4, 0.5) is 10.1 Å². The van der Waals surface area contributed by atoms with Gasteiger partial charge in [-0.15, -0.1) is 0 Å². The Kier molecular flexibility index (Phi) is 3.71. The van der Waals surface area contributed by atoms with E-state index >= 15 is 0 Å². The zero-order chi connectivity index (χ0) is 13.2. The minimum absolute atomic E-state index is 0.167. The van der Waals surface area contributed by atoms with Crippen LogP contribution < -0.4 is 10.6 Å². The summed E-state index contributed by atoms with van der Waals surface area (Å²) in [7, 11) is 0. The molecule has 104 valence electrons. The molecule has 3 nitrogen and oxygen atoms in total. The van der Waals surface area contributed by atoms with Gasteiger partial charge in [0, 0.05) is 44.5 Å². The molecule has 1 aromatic carbocycles. The fourth-order valence-electron chi connectivity index (χ4n) is 3.08. The summed E-state index contributed by atoms with van der Waals surface area (Å²) in [6.07, 6.45) is 2.69. The zero-order valence-corrected chi connectivity index (χ0v) is 11.3. The van der Waals surface area contributed by atoms with Gasteiger partial charge in [0.05, 0.1) is 0 Å². The summed E-state index contributed by atoms with van der Waals surface area (Å²) in [4.78, 5) is 4.87. The van der Waals surface area contributed by atoms with E-state index in [0.29, 0.717) is 6.04 Å². The van der Waals surface area contributed by atoms with Crippen molar-refractivity contribution in [3.63, 3.8) is 0 Å². The van der Waals surface area contributed by atoms with Gasteiger partial charge in [0.25, 0.3) is 0 Å². The van der Waals surface area contributed by atoms with E-state index in [4.69, 9.17) is 5.73 Å². The Morgan fingerprint density at radius 3 is 2.26 bits per heavy atom. The largest absolute Gasteiger partial charge is 0.369 e. The number of benzene rings is 1. The topological polar surface area (TPSA) is 32.5 Å². The molecule has 1 atom stereocenters. The average molecular weight is 263 g/mol. The number of piperazine rings is 1. The highest BCUT2D eigenvalue weighted by Gasteiger charge is 2.35. The summed E-state index contributed by atoms with van der Waals surface area (Å²) in [5, 5.41) is 0. The Morgan fingerprint density at radius 1 is 1.11 bits per heavy atom. The first-order valence-electron chi connectivity index (χ1n) is 7.22. The number of anilines is 1. The molecule has 4 heteroatoms. The predicted molar refractivity (Wildman–Crippen MR) is 75.8 cm³/mol. The SMILES string of the molecule is NCC(C1CC1)N1CCN(c2ccc(F)cc2)CC1. The molecular formula is C15H22FN3. The molecule has 3 rings (SSSR count). The molecule has 0 aromatic heterocycles. The molecule has 1 heterocycles. The zero-order valence-electron chi connectivity index (χ0n) is 11.3. The third-order valence-corrected chi connectivity index (χ3v) is 4.38. The van der Waals surface area contributed by atoms with Crippen molar-refractivity contribution in [3.8, 4) is 0 Å². The fraction of sp³-hybridized carbons (Fsp3) is 0.600. The second kappa shape index (κ2) is 5.47. The summed E-state index contributed by atoms with van der Waals surface area (Å²) in [5.41, 5.74) is 7.03. The van der Waals surface area contributed by atoms with Gasteiger partial charge in [-0.05, 0) is 43.0 Å². The second-order valence-electron chi connectivity index (χ2n) is 5.64. The highest BCUT2D eigenvalue weighted by Crippen LogP contribution is 2.35. The van der Waals surface area contributed by atoms with Gasteiger partial charge in [0.2, 0.25) is 0 Å². The number of hydrogen-bond donors (Lipinski definition) is 1. The highest BCUT2D eigenvalue weighted by molar-refractivity contribution is 5.46. The molecule has 0 bridgehead atoms. The molecule has 1 aliphatic carbocycles. The van der Waals surface area contributed by atoms with Crippen molar-refractivity contribution in [1.82, 2.24) is 4.90 Å². The Hall–Kier alpha value is -1.13. The van der Waals surface area contributed by atoms with Crippen molar-refractivity contribution in [1.29, 1.82) is 0 Å². The Labute approximate surface area is 114 Å². The summed E-state index contributed by atoms with van der Waals surface area (Å²) >= 11 is 0. The van der Waals surface area contributed by atoms with Crippen LogP contribution in [-0.4, -0.2) is 43.7 Å². The van der Waals surface area contributed by atoms with E-state index in [1.807, 2.05) is 12.1 Å². The van der Waals surface area contributed by atoms with Crippen molar-refractivity contribution in [3.05, 3.63) is 30.1 Å². The van der Waals surface area contributed by atoms with E-state index in [9.17, 15) is 4.39 Å². The normalized spacial score (nSPS) is 22.5. The lowest BCUT2D eigenvalue weighted by molar-refractivity contribution is 0.171. The maximum absolute atomic E-state index is 12.9. The van der Waals surface area contributed by atoms with Crippen molar-refractivity contribution in [2.75, 3.05) is 37.6 Å². The predicted octanol–water partition coefficient (Wildman–Crippen LogP) is 1.68. The lowest BCUT2D eigenvalue weighted by atomic mass is 10.1. The van der Waals surface area contributed by atoms with Crippen LogP contribution >= 0.6 is 0 Å². The van der Waals surface area contributed by atoms with Crippen LogP contribution in [0.2, 0.25) is 0 Å². The average Bonchev–Trinajstić information content (AvgIpc) is 3.26. The van der Waals surface area contributed by atoms with Gasteiger partial charge in [-0.3, -0.25) is 4.90 Å². The minimum atomic E-state index is -0.167. The van der Waals surface area contributed by atoms with Crippen molar-refractivity contribution in [2.45, 2.75) is 18.9 Å². The van der Waals surface area contributed by atoms with Crippen LogP contribution in [0.25, 0.3) is 0 Å². The number of hydrogen-bond acceptors (Lipinski definition) is 3. The van der Waals surface area contributed by atoms with Crippen LogP contribution in [0.15, 0.2) is 24.3 Å². The van der Waals surface area contributed by atoms with Gasteiger partial charge in [0.1, 0.15) is 5.82 Å². The van der Waals surface area contributed by atoms with E-state index in [-0.39, 0.29) is 5.82 Å². The molecule has 1 saturated heterocycles. The summed E-state index contributed by atoms with van der Waals surface area (Å²) < 4.78 is 12.9. The molecule has 2 aliphatic rings. The van der Waals surface area contributed by atoms with Gasteiger partial charge in [-0.2, -0.15) is 0 Å². The molecule has 0 radical (unpaired) electrons. The van der Waals surface area contributed by atoms with Crippen molar-refractivity contribution in [2.24, 2.45) is 11.7 Å². The van der Waals surface area contributed by atoms with Crippen LogP contribution in [0.3, 0.4) is 0 Å². The van der Waals surface area contributed by atoms with Crippen LogP contribution in [0.1, 0.15) is 12.8 Å². The minimum Gasteiger partial charge on any atom is -0.369 e. The molecule has 2 N–H and O–H groups in total. The molecule has 1 saturated carbocycles. The number of rotatable bonds is 4. The van der Waals surface area contributed by atoms with Crippen LogP contribution in [0.5, 0.6) is 0 Å². The van der Waals surface area contributed by atoms with Gasteiger partial charge < -0.3 is 10.6 Å². The first-order chi connectivity index (χ1) is 9.28. The number of halogens is 1. The van der Waals surface area contributed by atoms with E-state index < -0.39 is 0 Å². The molecular weight excluding hydrogens is 241 g/mol. The monoisotopic (exact) mass is 263 g/mol. The number of nitrogens with zero attached hydrogens (tertiary/aromatic N) is 2. The van der Waals surface area contributed by atoms with E-state index in [1.54, 1.807) is 0 Å². The van der Waals surface area contributed by atoms with E-state index in [2.05, 4.69) is 9.80 Å². The van der Waals surface area contributed by atoms with E-state index in [0.717, 1.165) is 44.3 Å². The number of nitrogens with two attached hydrogens (primary N) is 1. The maximum Gasteiger partial charge on any atom is 0.123 e. The van der Waals surface area contributed by atoms with Crippen LogP contribution in [0, 0.1) is 11.7 Å². The Balaban J connectivity index is 1.58. The van der Waals surface area contributed by atoms with Crippen molar-refractivity contribution >= 4 is 5.69 Å². The molecule has 1 unspecified atom stereocenters. The second-order valence-corrected chi connectivity index (χ2v) is 5.64. The summed E-state index contributed by atoms with van der Waals surface area (Å²) in [5.74, 6) is 0.668. The van der Waals surface area contributed by atoms with Crippen molar-refractivity contribution < 1.29 is 4.39 Å². The van der Waals surface area contributed by atoms with Gasteiger partial charge in [0.15, 0.2) is 0 Å². The fourth-order valence-corrected chi connectivity index (χ4v) is 3.08. The molecule has 1 aromatic rings. The lowest BCUT2D eigenvalue weighted by Gasteiger charge is -2.40.